The summed E-state index contributed by atoms with van der Waals surface area (Å²) in [5, 5.41) is 0. The molecule has 59 heavy (non-hydrogen) atoms. The fourth-order valence-corrected chi connectivity index (χ4v) is 10.2. The Morgan fingerprint density at radius 1 is 0.898 bits per heavy atom. The van der Waals surface area contributed by atoms with Gasteiger partial charge < -0.3 is 0 Å². The van der Waals surface area contributed by atoms with E-state index in [1.165, 1.54) is 50.1 Å². The van der Waals surface area contributed by atoms with E-state index >= 15 is 0 Å². The van der Waals surface area contributed by atoms with E-state index < -0.39 is 10.8 Å². The molecule has 0 amide bonds. The second kappa shape index (κ2) is 15.9. The molecule has 3 aromatic rings. The third-order valence-electron chi connectivity index (χ3n) is 12.8. The van der Waals surface area contributed by atoms with Crippen molar-refractivity contribution in [2.75, 3.05) is 0 Å². The fourth-order valence-electron chi connectivity index (χ4n) is 10.2. The van der Waals surface area contributed by atoms with Gasteiger partial charge in [-0.15, -0.1) is 12.2 Å². The molecule has 3 unspecified atom stereocenters. The number of benzene rings is 3. The molecule has 3 aromatic carbocycles. The molecule has 0 fully saturated rings. The molecule has 0 aromatic heterocycles. The van der Waals surface area contributed by atoms with Gasteiger partial charge in [0.25, 0.3) is 0 Å². The SMILES string of the molecule is C#CC1=C(/C=C\CC(=C/C(=C)/C(C)=C/C)/N=C(C)\C(\C=C/C)=C\C=C)c2ccccc2C12C1=C(C=CC=C=C1)C1(C3=C(c4ccccc41)C(C)CC=C3)c1ccccc12. The van der Waals surface area contributed by atoms with Crippen LogP contribution in [0.25, 0.3) is 11.1 Å². The van der Waals surface area contributed by atoms with Crippen molar-refractivity contribution in [3.05, 3.63) is 255 Å². The monoisotopic (exact) mass is 761 g/mol. The molecule has 1 nitrogen and oxygen atoms in total. The zero-order valence-electron chi connectivity index (χ0n) is 34.9. The van der Waals surface area contributed by atoms with Crippen LogP contribution in [0.5, 0.6) is 0 Å². The van der Waals surface area contributed by atoms with Gasteiger partial charge >= 0.3 is 0 Å². The van der Waals surface area contributed by atoms with E-state index in [0.29, 0.717) is 12.3 Å². The van der Waals surface area contributed by atoms with Gasteiger partial charge in [0.2, 0.25) is 0 Å². The summed E-state index contributed by atoms with van der Waals surface area (Å²) in [7, 11) is 0. The summed E-state index contributed by atoms with van der Waals surface area (Å²) in [6.07, 6.45) is 38.5. The van der Waals surface area contributed by atoms with E-state index in [1.54, 1.807) is 6.08 Å². The van der Waals surface area contributed by atoms with Gasteiger partial charge in [0.1, 0.15) is 0 Å². The van der Waals surface area contributed by atoms with E-state index in [0.717, 1.165) is 51.3 Å². The molecule has 0 saturated carbocycles. The third kappa shape index (κ3) is 5.99. The summed E-state index contributed by atoms with van der Waals surface area (Å²) in [6.45, 7) is 18.9. The molecule has 1 heteroatoms. The minimum atomic E-state index is -0.748. The molecule has 0 radical (unpaired) electrons. The Labute approximate surface area is 351 Å². The molecule has 3 atom stereocenters. The highest BCUT2D eigenvalue weighted by molar-refractivity contribution is 6.02. The second-order valence-electron chi connectivity index (χ2n) is 15.9. The van der Waals surface area contributed by atoms with Crippen molar-refractivity contribution in [1.29, 1.82) is 0 Å². The lowest BCUT2D eigenvalue weighted by Crippen LogP contribution is -2.44. The van der Waals surface area contributed by atoms with E-state index in [4.69, 9.17) is 11.4 Å². The maximum absolute atomic E-state index is 6.86. The summed E-state index contributed by atoms with van der Waals surface area (Å²) in [5.74, 6) is 3.74. The van der Waals surface area contributed by atoms with Crippen LogP contribution in [-0.4, -0.2) is 5.71 Å². The summed E-state index contributed by atoms with van der Waals surface area (Å²) in [4.78, 5) is 5.17. The van der Waals surface area contributed by atoms with Gasteiger partial charge in [0, 0.05) is 23.4 Å². The van der Waals surface area contributed by atoms with Gasteiger partial charge in [-0.05, 0) is 136 Å². The molecular formula is C58H51N. The van der Waals surface area contributed by atoms with Crippen LogP contribution >= 0.6 is 0 Å². The molecule has 288 valence electrons. The quantitative estimate of drug-likeness (QED) is 0.0891. The van der Waals surface area contributed by atoms with E-state index in [9.17, 15) is 0 Å². The largest absolute Gasteiger partial charge is 0.257 e. The predicted molar refractivity (Wildman–Crippen MR) is 252 cm³/mol. The first-order valence-corrected chi connectivity index (χ1v) is 20.8. The second-order valence-corrected chi connectivity index (χ2v) is 15.9. The number of terminal acetylenes is 1. The standard InChI is InChI=1S/C58H51N/c1-9-24-43(25-10-2)42(8)59-44(38-41(7)39(5)11-3)27-23-30-45-46-28-16-18-31-49(46)57(48(45)12-4)51-33-14-13-15-34-53(51)58(54-36-21-20-35-52(54)57)50-32-19-17-29-47(50)56-40(6)26-22-37-55(56)58/h4,9-11,13,15-25,28-38,40H,1,7,26-27H2,2-3,5-6,8H3/b25-10-,30-23-,39-11+,43-24+,44-38-,59-42-. The van der Waals surface area contributed by atoms with Crippen molar-refractivity contribution in [3.63, 3.8) is 0 Å². The van der Waals surface area contributed by atoms with Crippen molar-refractivity contribution in [2.24, 2.45) is 10.9 Å². The van der Waals surface area contributed by atoms with Crippen molar-refractivity contribution in [1.82, 2.24) is 0 Å². The molecule has 8 rings (SSSR count). The number of rotatable bonds is 9. The van der Waals surface area contributed by atoms with Crippen LogP contribution in [0, 0.1) is 18.3 Å². The normalized spacial score (nSPS) is 23.3. The number of nitrogens with zero attached hydrogens (tertiary/aromatic N) is 1. The van der Waals surface area contributed by atoms with Gasteiger partial charge in [0.15, 0.2) is 0 Å². The van der Waals surface area contributed by atoms with Crippen LogP contribution in [0.1, 0.15) is 80.8 Å². The lowest BCUT2D eigenvalue weighted by molar-refractivity contribution is 0.628. The van der Waals surface area contributed by atoms with Crippen molar-refractivity contribution in [3.8, 4) is 12.3 Å². The number of hydrogen-bond acceptors (Lipinski definition) is 1. The molecular weight excluding hydrogens is 711 g/mol. The molecule has 0 saturated heterocycles. The Morgan fingerprint density at radius 3 is 2.27 bits per heavy atom. The topological polar surface area (TPSA) is 12.4 Å². The van der Waals surface area contributed by atoms with Crippen LogP contribution in [0.2, 0.25) is 0 Å². The number of aliphatic imine (C=N–C) groups is 1. The Kier molecular flexibility index (Phi) is 10.6. The first-order valence-electron chi connectivity index (χ1n) is 20.8. The highest BCUT2D eigenvalue weighted by Gasteiger charge is 2.60. The summed E-state index contributed by atoms with van der Waals surface area (Å²) in [6, 6.07) is 27.0. The zero-order chi connectivity index (χ0) is 41.3. The molecule has 5 aliphatic carbocycles. The molecule has 0 heterocycles. The molecule has 0 N–H and O–H groups in total. The third-order valence-corrected chi connectivity index (χ3v) is 12.8. The van der Waals surface area contributed by atoms with Gasteiger partial charge in [-0.1, -0.05) is 166 Å². The van der Waals surface area contributed by atoms with Gasteiger partial charge in [-0.25, -0.2) is 0 Å². The minimum Gasteiger partial charge on any atom is -0.257 e. The Bertz CT molecular complexity index is 2780. The van der Waals surface area contributed by atoms with E-state index in [-0.39, 0.29) is 0 Å². The highest BCUT2D eigenvalue weighted by atomic mass is 14.8. The number of fused-ring (bicyclic) bond motifs is 11. The predicted octanol–water partition coefficient (Wildman–Crippen LogP) is 14.1. The Hall–Kier alpha value is -6.71. The average Bonchev–Trinajstić information content (AvgIpc) is 3.55. The van der Waals surface area contributed by atoms with Gasteiger partial charge in [-0.3, -0.25) is 4.99 Å². The first-order chi connectivity index (χ1) is 28.8. The summed E-state index contributed by atoms with van der Waals surface area (Å²) in [5.41, 5.74) is 21.9. The van der Waals surface area contributed by atoms with Crippen LogP contribution in [-0.2, 0) is 10.8 Å². The molecule has 0 aliphatic heterocycles. The molecule has 5 aliphatic rings. The summed E-state index contributed by atoms with van der Waals surface area (Å²) < 4.78 is 0. The fraction of sp³-hybridized carbons (Fsp3) is 0.172. The van der Waals surface area contributed by atoms with Gasteiger partial charge in [-0.2, -0.15) is 0 Å². The molecule has 2 spiro atoms. The average molecular weight is 762 g/mol. The Morgan fingerprint density at radius 2 is 1.58 bits per heavy atom. The lowest BCUT2D eigenvalue weighted by Gasteiger charge is -2.49. The number of hydrogen-bond donors (Lipinski definition) is 0. The van der Waals surface area contributed by atoms with Crippen LogP contribution in [0.15, 0.2) is 226 Å². The van der Waals surface area contributed by atoms with Crippen molar-refractivity contribution in [2.45, 2.75) is 58.3 Å². The van der Waals surface area contributed by atoms with Crippen molar-refractivity contribution >= 4 is 16.9 Å². The van der Waals surface area contributed by atoms with Crippen LogP contribution in [0.4, 0.5) is 0 Å². The molecule has 0 bridgehead atoms. The van der Waals surface area contributed by atoms with Gasteiger partial charge in [0.05, 0.1) is 10.8 Å². The lowest BCUT2D eigenvalue weighted by atomic mass is 9.51. The first kappa shape index (κ1) is 39.1. The van der Waals surface area contributed by atoms with Crippen molar-refractivity contribution < 1.29 is 0 Å². The number of allylic oxidation sites excluding steroid dienone is 22. The van der Waals surface area contributed by atoms with Crippen LogP contribution in [0.3, 0.4) is 0 Å². The summed E-state index contributed by atoms with van der Waals surface area (Å²) >= 11 is 0. The zero-order valence-corrected chi connectivity index (χ0v) is 34.9. The maximum atomic E-state index is 6.86. The smallest absolute Gasteiger partial charge is 0.0804 e. The minimum absolute atomic E-state index is 0.398. The van der Waals surface area contributed by atoms with E-state index in [2.05, 4.69) is 172 Å². The van der Waals surface area contributed by atoms with Crippen LogP contribution < -0.4 is 0 Å². The van der Waals surface area contributed by atoms with E-state index in [1.807, 2.05) is 39.0 Å². The highest BCUT2D eigenvalue weighted by Crippen LogP contribution is 2.68. The Balaban J connectivity index is 1.38. The maximum Gasteiger partial charge on any atom is 0.0804 e.